The summed E-state index contributed by atoms with van der Waals surface area (Å²) in [5.74, 6) is 10.1. The molecular weight excluding hydrogens is 425 g/mol. The second kappa shape index (κ2) is 20.8. The van der Waals surface area contributed by atoms with E-state index in [1.54, 1.807) is 0 Å². The number of hydrogen-bond acceptors (Lipinski definition) is 7. The lowest BCUT2D eigenvalue weighted by Crippen LogP contribution is -2.33. The number of ether oxygens (including phenoxy) is 1. The van der Waals surface area contributed by atoms with Crippen LogP contribution in [0.5, 0.6) is 0 Å². The highest BCUT2D eigenvalue weighted by Gasteiger charge is 2.29. The molecule has 1 nitrogen and oxygen atoms in total. The van der Waals surface area contributed by atoms with Gasteiger partial charge in [0.25, 0.3) is 0 Å². The van der Waals surface area contributed by atoms with E-state index in [0.29, 0.717) is 0 Å². The molecule has 0 saturated heterocycles. The van der Waals surface area contributed by atoms with Gasteiger partial charge in [0.2, 0.25) is 0 Å². The summed E-state index contributed by atoms with van der Waals surface area (Å²) >= 11 is 19.0. The molecule has 0 spiro atoms. The van der Waals surface area contributed by atoms with E-state index >= 15 is 0 Å². The molecule has 0 bridgehead atoms. The minimum absolute atomic E-state index is 0.0966. The Morgan fingerprint density at radius 1 is 0.640 bits per heavy atom. The van der Waals surface area contributed by atoms with Crippen LogP contribution >= 0.6 is 73.2 Å². The van der Waals surface area contributed by atoms with Crippen LogP contribution in [0.1, 0.15) is 45.4 Å². The third-order valence-corrected chi connectivity index (χ3v) is 8.71. The molecule has 0 saturated carbocycles. The van der Waals surface area contributed by atoms with E-state index in [-0.39, 0.29) is 5.60 Å². The van der Waals surface area contributed by atoms with Crippen LogP contribution < -0.4 is 0 Å². The van der Waals surface area contributed by atoms with E-state index in [1.807, 2.05) is 35.3 Å². The van der Waals surface area contributed by atoms with Gasteiger partial charge >= 0.3 is 0 Å². The number of hydrogen-bond donors (Lipinski definition) is 3. The molecule has 25 heavy (non-hydrogen) atoms. The van der Waals surface area contributed by atoms with Crippen LogP contribution in [0.2, 0.25) is 0 Å². The Bertz CT molecular complexity index is 232. The molecule has 0 unspecified atom stereocenters. The van der Waals surface area contributed by atoms with Crippen LogP contribution in [0.15, 0.2) is 0 Å². The third-order valence-electron chi connectivity index (χ3n) is 3.92. The average Bonchev–Trinajstić information content (AvgIpc) is 2.61. The zero-order valence-corrected chi connectivity index (χ0v) is 20.9. The van der Waals surface area contributed by atoms with E-state index in [4.69, 9.17) is 4.74 Å². The van der Waals surface area contributed by atoms with Crippen molar-refractivity contribution in [1.29, 1.82) is 0 Å². The Hall–Kier alpha value is 2.06. The second-order valence-corrected chi connectivity index (χ2v) is 11.0. The van der Waals surface area contributed by atoms with Gasteiger partial charge in [0.15, 0.2) is 0 Å². The van der Waals surface area contributed by atoms with Crippen molar-refractivity contribution in [3.8, 4) is 0 Å². The Morgan fingerprint density at radius 2 is 1.00 bits per heavy atom. The molecule has 0 aliphatic carbocycles. The molecular formula is C18H38OS6. The quantitative estimate of drug-likeness (QED) is 0.149. The van der Waals surface area contributed by atoms with E-state index in [2.05, 4.69) is 44.8 Å². The summed E-state index contributed by atoms with van der Waals surface area (Å²) in [6.45, 7) is 2.98. The highest BCUT2D eigenvalue weighted by Crippen LogP contribution is 2.32. The van der Waals surface area contributed by atoms with E-state index in [9.17, 15) is 0 Å². The zero-order chi connectivity index (χ0) is 18.6. The SMILES string of the molecule is CCOC(CCCSCCS)(CCCSCCS)CCCSCCS. The van der Waals surface area contributed by atoms with Crippen LogP contribution in [0.25, 0.3) is 0 Å². The predicted octanol–water partition coefficient (Wildman–Crippen LogP) is 6.09. The molecule has 0 rings (SSSR count). The number of thioether (sulfide) groups is 3. The van der Waals surface area contributed by atoms with Crippen molar-refractivity contribution in [3.63, 3.8) is 0 Å². The van der Waals surface area contributed by atoms with Crippen molar-refractivity contribution in [2.75, 3.05) is 58.4 Å². The largest absolute Gasteiger partial charge is 0.375 e. The molecule has 0 aliphatic rings. The highest BCUT2D eigenvalue weighted by molar-refractivity contribution is 8.00. The van der Waals surface area contributed by atoms with Gasteiger partial charge in [0.1, 0.15) is 0 Å². The van der Waals surface area contributed by atoms with Crippen LogP contribution in [0.4, 0.5) is 0 Å². The molecule has 0 aromatic heterocycles. The predicted molar refractivity (Wildman–Crippen MR) is 136 cm³/mol. The molecule has 7 heteroatoms. The van der Waals surface area contributed by atoms with Gasteiger partial charge in [-0.25, -0.2) is 0 Å². The Morgan fingerprint density at radius 3 is 1.28 bits per heavy atom. The number of rotatable bonds is 20. The molecule has 0 radical (unpaired) electrons. The van der Waals surface area contributed by atoms with Gasteiger partial charge in [-0.05, 0) is 80.0 Å². The first-order valence-electron chi connectivity index (χ1n) is 9.44. The lowest BCUT2D eigenvalue weighted by molar-refractivity contribution is -0.0585. The van der Waals surface area contributed by atoms with Gasteiger partial charge in [-0.15, -0.1) is 0 Å². The summed E-state index contributed by atoms with van der Waals surface area (Å²) < 4.78 is 6.38. The normalized spacial score (nSPS) is 12.0. The van der Waals surface area contributed by atoms with Crippen LogP contribution in [-0.2, 0) is 4.74 Å². The molecule has 0 aromatic rings. The molecule has 0 N–H and O–H groups in total. The third kappa shape index (κ3) is 16.7. The summed E-state index contributed by atoms with van der Waals surface area (Å²) in [5, 5.41) is 0. The van der Waals surface area contributed by atoms with E-state index in [1.165, 1.54) is 55.8 Å². The van der Waals surface area contributed by atoms with Crippen molar-refractivity contribution in [1.82, 2.24) is 0 Å². The fourth-order valence-electron chi connectivity index (χ4n) is 2.89. The Kier molecular flexibility index (Phi) is 22.5. The van der Waals surface area contributed by atoms with Crippen molar-refractivity contribution in [2.24, 2.45) is 0 Å². The lowest BCUT2D eigenvalue weighted by Gasteiger charge is -2.34. The summed E-state index contributed by atoms with van der Waals surface area (Å²) in [7, 11) is 0. The first-order valence-corrected chi connectivity index (χ1v) is 14.8. The fraction of sp³-hybridized carbons (Fsp3) is 1.00. The molecule has 0 amide bonds. The fourth-order valence-corrected chi connectivity index (χ4v) is 6.09. The maximum Gasteiger partial charge on any atom is 0.0683 e. The van der Waals surface area contributed by atoms with Gasteiger partial charge in [-0.3, -0.25) is 0 Å². The van der Waals surface area contributed by atoms with Crippen LogP contribution in [0, 0.1) is 0 Å². The minimum atomic E-state index is 0.0966. The second-order valence-electron chi connectivity index (χ2n) is 5.93. The van der Waals surface area contributed by atoms with E-state index < -0.39 is 0 Å². The Labute approximate surface area is 186 Å². The Balaban J connectivity index is 4.40. The summed E-state index contributed by atoms with van der Waals surface area (Å²) in [5.41, 5.74) is 0.0966. The molecule has 0 aromatic carbocycles. The standard InChI is InChI=1S/C18H38OS6/c1-2-19-18(6-3-12-23-15-9-20,7-4-13-24-16-10-21)8-5-14-25-17-11-22/h20-22H,2-17H2,1H3. The van der Waals surface area contributed by atoms with Crippen molar-refractivity contribution < 1.29 is 4.74 Å². The van der Waals surface area contributed by atoms with Crippen LogP contribution in [-0.4, -0.2) is 64.0 Å². The smallest absolute Gasteiger partial charge is 0.0683 e. The van der Waals surface area contributed by atoms with Crippen molar-refractivity contribution in [3.05, 3.63) is 0 Å². The monoisotopic (exact) mass is 462 g/mol. The maximum absolute atomic E-state index is 6.38. The van der Waals surface area contributed by atoms with Gasteiger partial charge in [0.05, 0.1) is 5.60 Å². The first kappa shape index (κ1) is 27.1. The van der Waals surface area contributed by atoms with Gasteiger partial charge in [-0.1, -0.05) is 0 Å². The van der Waals surface area contributed by atoms with Gasteiger partial charge < -0.3 is 4.74 Å². The van der Waals surface area contributed by atoms with Gasteiger partial charge in [0, 0.05) is 23.9 Å². The summed E-state index contributed by atoms with van der Waals surface area (Å²) in [6, 6.07) is 0. The van der Waals surface area contributed by atoms with Gasteiger partial charge in [-0.2, -0.15) is 73.2 Å². The topological polar surface area (TPSA) is 9.23 Å². The lowest BCUT2D eigenvalue weighted by atomic mass is 9.88. The maximum atomic E-state index is 6.38. The summed E-state index contributed by atoms with van der Waals surface area (Å²) in [4.78, 5) is 0. The first-order chi connectivity index (χ1) is 12.2. The molecule has 0 heterocycles. The summed E-state index contributed by atoms with van der Waals surface area (Å²) in [6.07, 6.45) is 7.38. The van der Waals surface area contributed by atoms with Crippen molar-refractivity contribution >= 4 is 73.2 Å². The highest BCUT2D eigenvalue weighted by atomic mass is 32.2. The van der Waals surface area contributed by atoms with Crippen LogP contribution in [0.3, 0.4) is 0 Å². The average molecular weight is 463 g/mol. The van der Waals surface area contributed by atoms with Crippen molar-refractivity contribution in [2.45, 2.75) is 51.0 Å². The molecule has 0 fully saturated rings. The minimum Gasteiger partial charge on any atom is -0.375 e. The molecule has 0 aliphatic heterocycles. The zero-order valence-electron chi connectivity index (χ0n) is 15.8. The molecule has 0 atom stereocenters. The van der Waals surface area contributed by atoms with E-state index in [0.717, 1.165) is 41.1 Å². The molecule has 152 valence electrons. The number of thiol groups is 3.